The first-order valence-corrected chi connectivity index (χ1v) is 3.61. The van der Waals surface area contributed by atoms with Gasteiger partial charge in [0, 0.05) is 17.8 Å². The highest BCUT2D eigenvalue weighted by Crippen LogP contribution is 2.14. The van der Waals surface area contributed by atoms with E-state index in [-0.39, 0.29) is 6.04 Å². The van der Waals surface area contributed by atoms with E-state index >= 15 is 0 Å². The molecule has 1 unspecified atom stereocenters. The second kappa shape index (κ2) is 3.44. The van der Waals surface area contributed by atoms with Gasteiger partial charge in [0.15, 0.2) is 0 Å². The lowest BCUT2D eigenvalue weighted by atomic mass is 10.1. The number of nitrogens with zero attached hydrogens (tertiary/aromatic N) is 1. The van der Waals surface area contributed by atoms with Crippen LogP contribution in [0.5, 0.6) is 0 Å². The summed E-state index contributed by atoms with van der Waals surface area (Å²) in [7, 11) is 0. The van der Waals surface area contributed by atoms with Gasteiger partial charge in [-0.3, -0.25) is 0 Å². The van der Waals surface area contributed by atoms with Crippen molar-refractivity contribution in [2.45, 2.75) is 19.4 Å². The van der Waals surface area contributed by atoms with Crippen molar-refractivity contribution in [1.29, 1.82) is 0 Å². The highest BCUT2D eigenvalue weighted by Gasteiger charge is 2.08. The van der Waals surface area contributed by atoms with Crippen LogP contribution >= 0.6 is 0 Å². The van der Waals surface area contributed by atoms with E-state index in [1.165, 1.54) is 6.20 Å². The molecule has 1 atom stereocenters. The van der Waals surface area contributed by atoms with Gasteiger partial charge < -0.3 is 5.73 Å². The number of hydrogen-bond acceptors (Lipinski definition) is 2. The maximum atomic E-state index is 12.8. The largest absolute Gasteiger partial charge is 0.324 e. The van der Waals surface area contributed by atoms with Crippen molar-refractivity contribution in [2.24, 2.45) is 5.73 Å². The Balaban J connectivity index is 2.93. The zero-order valence-electron chi connectivity index (χ0n) is 6.42. The third-order valence-electron chi connectivity index (χ3n) is 1.63. The number of halogens is 1. The van der Waals surface area contributed by atoms with Crippen LogP contribution in [0.15, 0.2) is 18.3 Å². The third-order valence-corrected chi connectivity index (χ3v) is 1.63. The van der Waals surface area contributed by atoms with Crippen LogP contribution in [0.2, 0.25) is 0 Å². The van der Waals surface area contributed by atoms with Gasteiger partial charge in [-0.2, -0.15) is 4.39 Å². The van der Waals surface area contributed by atoms with Crippen molar-refractivity contribution < 1.29 is 4.39 Å². The summed E-state index contributed by atoms with van der Waals surface area (Å²) >= 11 is 0. The molecule has 0 spiro atoms. The summed E-state index contributed by atoms with van der Waals surface area (Å²) < 4.78 is 12.8. The summed E-state index contributed by atoms with van der Waals surface area (Å²) in [6.45, 7) is 1.91. The molecule has 1 rings (SSSR count). The van der Waals surface area contributed by atoms with E-state index in [2.05, 4.69) is 4.98 Å². The Morgan fingerprint density at radius 2 is 2.45 bits per heavy atom. The SMILES string of the molecule is CCC(N)c1cccnc1F. The summed E-state index contributed by atoms with van der Waals surface area (Å²) in [4.78, 5) is 3.50. The van der Waals surface area contributed by atoms with Gasteiger partial charge in [0.2, 0.25) is 5.95 Å². The second-order valence-electron chi connectivity index (χ2n) is 2.40. The van der Waals surface area contributed by atoms with Gasteiger partial charge in [0.1, 0.15) is 0 Å². The fourth-order valence-electron chi connectivity index (χ4n) is 0.895. The molecular formula is C8H11FN2. The molecule has 1 aromatic rings. The fraction of sp³-hybridized carbons (Fsp3) is 0.375. The molecule has 2 N–H and O–H groups in total. The van der Waals surface area contributed by atoms with Gasteiger partial charge in [-0.1, -0.05) is 13.0 Å². The van der Waals surface area contributed by atoms with Crippen LogP contribution in [0.4, 0.5) is 4.39 Å². The Bertz CT molecular complexity index is 237. The van der Waals surface area contributed by atoms with Crippen molar-refractivity contribution in [3.63, 3.8) is 0 Å². The van der Waals surface area contributed by atoms with Crippen molar-refractivity contribution in [3.05, 3.63) is 29.8 Å². The summed E-state index contributed by atoms with van der Waals surface area (Å²) in [5.74, 6) is -0.457. The lowest BCUT2D eigenvalue weighted by Gasteiger charge is -2.07. The predicted octanol–water partition coefficient (Wildman–Crippen LogP) is 1.63. The second-order valence-corrected chi connectivity index (χ2v) is 2.40. The minimum absolute atomic E-state index is 0.233. The first kappa shape index (κ1) is 8.14. The molecular weight excluding hydrogens is 143 g/mol. The number of aromatic nitrogens is 1. The van der Waals surface area contributed by atoms with Gasteiger partial charge in [0.25, 0.3) is 0 Å². The average Bonchev–Trinajstić information content (AvgIpc) is 2.04. The van der Waals surface area contributed by atoms with Crippen molar-refractivity contribution in [3.8, 4) is 0 Å². The van der Waals surface area contributed by atoms with Crippen LogP contribution in [0, 0.1) is 5.95 Å². The highest BCUT2D eigenvalue weighted by atomic mass is 19.1. The molecule has 1 aromatic heterocycles. The van der Waals surface area contributed by atoms with E-state index in [9.17, 15) is 4.39 Å². The molecule has 2 nitrogen and oxygen atoms in total. The lowest BCUT2D eigenvalue weighted by molar-refractivity contribution is 0.540. The maximum absolute atomic E-state index is 12.8. The summed E-state index contributed by atoms with van der Waals surface area (Å²) in [5.41, 5.74) is 6.11. The minimum atomic E-state index is -0.457. The molecule has 0 bridgehead atoms. The monoisotopic (exact) mass is 154 g/mol. The van der Waals surface area contributed by atoms with E-state index in [1.54, 1.807) is 12.1 Å². The smallest absolute Gasteiger partial charge is 0.217 e. The Labute approximate surface area is 65.3 Å². The van der Waals surface area contributed by atoms with Crippen LogP contribution in [-0.4, -0.2) is 4.98 Å². The van der Waals surface area contributed by atoms with E-state index in [1.807, 2.05) is 6.92 Å². The minimum Gasteiger partial charge on any atom is -0.324 e. The molecule has 0 saturated carbocycles. The van der Waals surface area contributed by atoms with Crippen molar-refractivity contribution >= 4 is 0 Å². The number of nitrogens with two attached hydrogens (primary N) is 1. The number of rotatable bonds is 2. The molecule has 0 aliphatic rings. The first-order chi connectivity index (χ1) is 5.25. The van der Waals surface area contributed by atoms with Crippen LogP contribution in [0.3, 0.4) is 0 Å². The third kappa shape index (κ3) is 1.74. The predicted molar refractivity (Wildman–Crippen MR) is 41.4 cm³/mol. The molecule has 1 heterocycles. The normalized spacial score (nSPS) is 13.0. The average molecular weight is 154 g/mol. The Hall–Kier alpha value is -0.960. The Kier molecular flexibility index (Phi) is 2.54. The number of hydrogen-bond donors (Lipinski definition) is 1. The summed E-state index contributed by atoms with van der Waals surface area (Å²) in [5, 5.41) is 0. The maximum Gasteiger partial charge on any atom is 0.217 e. The zero-order chi connectivity index (χ0) is 8.27. The quantitative estimate of drug-likeness (QED) is 0.657. The summed E-state index contributed by atoms with van der Waals surface area (Å²) in [6.07, 6.45) is 2.14. The van der Waals surface area contributed by atoms with Crippen LogP contribution < -0.4 is 5.73 Å². The molecule has 0 saturated heterocycles. The zero-order valence-corrected chi connectivity index (χ0v) is 6.42. The lowest BCUT2D eigenvalue weighted by Crippen LogP contribution is -2.11. The molecule has 3 heteroatoms. The van der Waals surface area contributed by atoms with E-state index in [4.69, 9.17) is 5.73 Å². The topological polar surface area (TPSA) is 38.9 Å². The fourth-order valence-corrected chi connectivity index (χ4v) is 0.895. The van der Waals surface area contributed by atoms with E-state index in [0.717, 1.165) is 6.42 Å². The standard InChI is InChI=1S/C8H11FN2/c1-2-7(10)6-4-3-5-11-8(6)9/h3-5,7H,2,10H2,1H3. The molecule has 0 aliphatic heterocycles. The molecule has 0 fully saturated rings. The highest BCUT2D eigenvalue weighted by molar-refractivity contribution is 5.14. The van der Waals surface area contributed by atoms with Crippen LogP contribution in [-0.2, 0) is 0 Å². The Morgan fingerprint density at radius 3 is 3.00 bits per heavy atom. The van der Waals surface area contributed by atoms with Gasteiger partial charge in [-0.15, -0.1) is 0 Å². The molecule has 60 valence electrons. The molecule has 11 heavy (non-hydrogen) atoms. The molecule has 0 aliphatic carbocycles. The van der Waals surface area contributed by atoms with E-state index < -0.39 is 5.95 Å². The van der Waals surface area contributed by atoms with Gasteiger partial charge in [-0.25, -0.2) is 4.98 Å². The van der Waals surface area contributed by atoms with Gasteiger partial charge in [-0.05, 0) is 12.5 Å². The van der Waals surface area contributed by atoms with Gasteiger partial charge in [0.05, 0.1) is 0 Å². The van der Waals surface area contributed by atoms with Crippen molar-refractivity contribution in [2.75, 3.05) is 0 Å². The Morgan fingerprint density at radius 1 is 1.73 bits per heavy atom. The van der Waals surface area contributed by atoms with Crippen LogP contribution in [0.25, 0.3) is 0 Å². The molecule has 0 radical (unpaired) electrons. The number of pyridine rings is 1. The van der Waals surface area contributed by atoms with E-state index in [0.29, 0.717) is 5.56 Å². The molecule has 0 aromatic carbocycles. The summed E-state index contributed by atoms with van der Waals surface area (Å²) in [6, 6.07) is 3.12. The van der Waals surface area contributed by atoms with Crippen LogP contribution in [0.1, 0.15) is 24.9 Å². The van der Waals surface area contributed by atoms with Gasteiger partial charge >= 0.3 is 0 Å². The molecule has 0 amide bonds. The van der Waals surface area contributed by atoms with Crippen molar-refractivity contribution in [1.82, 2.24) is 4.98 Å². The first-order valence-electron chi connectivity index (χ1n) is 3.61.